The third kappa shape index (κ3) is 5.06. The molecule has 1 fully saturated rings. The number of oxazole rings is 1. The lowest BCUT2D eigenvalue weighted by molar-refractivity contribution is -0.120. The minimum atomic E-state index is -0.263. The Morgan fingerprint density at radius 3 is 2.75 bits per heavy atom. The van der Waals surface area contributed by atoms with E-state index in [0.717, 1.165) is 49.9 Å². The SMILES string of the molecule is Cc1nc(CN2CCCN(C(C)C(=O)Nc3cccc(Cl)c3Cl)CC2)oc1C. The molecule has 2 heterocycles. The van der Waals surface area contributed by atoms with Gasteiger partial charge in [-0.1, -0.05) is 29.3 Å². The van der Waals surface area contributed by atoms with Crippen LogP contribution in [0.4, 0.5) is 5.69 Å². The minimum Gasteiger partial charge on any atom is -0.444 e. The zero-order chi connectivity index (χ0) is 20.3. The number of aromatic nitrogens is 1. The van der Waals surface area contributed by atoms with E-state index in [9.17, 15) is 4.79 Å². The van der Waals surface area contributed by atoms with Crippen molar-refractivity contribution >= 4 is 34.8 Å². The van der Waals surface area contributed by atoms with Crippen molar-refractivity contribution in [3.63, 3.8) is 0 Å². The highest BCUT2D eigenvalue weighted by atomic mass is 35.5. The van der Waals surface area contributed by atoms with Gasteiger partial charge in [0, 0.05) is 19.6 Å². The molecule has 3 rings (SSSR count). The maximum absolute atomic E-state index is 12.7. The Balaban J connectivity index is 1.56. The molecule has 0 radical (unpaired) electrons. The van der Waals surface area contributed by atoms with Crippen LogP contribution in [0.5, 0.6) is 0 Å². The van der Waals surface area contributed by atoms with Crippen molar-refractivity contribution in [1.29, 1.82) is 0 Å². The monoisotopic (exact) mass is 424 g/mol. The topological polar surface area (TPSA) is 61.6 Å². The zero-order valence-corrected chi connectivity index (χ0v) is 18.0. The average Bonchev–Trinajstić information content (AvgIpc) is 2.84. The Hall–Kier alpha value is -1.60. The van der Waals surface area contributed by atoms with Crippen molar-refractivity contribution in [3.8, 4) is 0 Å². The van der Waals surface area contributed by atoms with Gasteiger partial charge >= 0.3 is 0 Å². The summed E-state index contributed by atoms with van der Waals surface area (Å²) in [5.41, 5.74) is 1.48. The van der Waals surface area contributed by atoms with Crippen LogP contribution >= 0.6 is 23.2 Å². The number of nitrogens with zero attached hydrogens (tertiary/aromatic N) is 3. The molecular formula is C20H26Cl2N4O2. The summed E-state index contributed by atoms with van der Waals surface area (Å²) in [7, 11) is 0. The van der Waals surface area contributed by atoms with E-state index >= 15 is 0 Å². The lowest BCUT2D eigenvalue weighted by atomic mass is 10.2. The maximum Gasteiger partial charge on any atom is 0.241 e. The Morgan fingerprint density at radius 1 is 1.25 bits per heavy atom. The molecule has 1 N–H and O–H groups in total. The molecule has 1 aromatic carbocycles. The van der Waals surface area contributed by atoms with Crippen LogP contribution in [-0.4, -0.2) is 52.9 Å². The van der Waals surface area contributed by atoms with E-state index in [2.05, 4.69) is 20.1 Å². The number of carbonyl (C=O) groups is 1. The second-order valence-corrected chi connectivity index (χ2v) is 7.97. The predicted octanol–water partition coefficient (Wildman–Crippen LogP) is 4.13. The molecular weight excluding hydrogens is 399 g/mol. The Kier molecular flexibility index (Phi) is 6.99. The fourth-order valence-corrected chi connectivity index (χ4v) is 3.69. The number of anilines is 1. The van der Waals surface area contributed by atoms with Gasteiger partial charge in [0.05, 0.1) is 34.0 Å². The predicted molar refractivity (Wildman–Crippen MR) is 112 cm³/mol. The minimum absolute atomic E-state index is 0.0865. The number of amides is 1. The first-order chi connectivity index (χ1) is 13.3. The van der Waals surface area contributed by atoms with Crippen LogP contribution in [0.2, 0.25) is 10.0 Å². The molecule has 2 aromatic rings. The Bertz CT molecular complexity index is 820. The number of rotatable bonds is 5. The van der Waals surface area contributed by atoms with Crippen molar-refractivity contribution in [3.05, 3.63) is 45.6 Å². The first kappa shape index (κ1) is 21.1. The van der Waals surface area contributed by atoms with Crippen LogP contribution < -0.4 is 5.32 Å². The largest absolute Gasteiger partial charge is 0.444 e. The molecule has 0 aliphatic carbocycles. The van der Waals surface area contributed by atoms with Crippen LogP contribution in [0, 0.1) is 13.8 Å². The van der Waals surface area contributed by atoms with Crippen molar-refractivity contribution in [2.45, 2.75) is 39.8 Å². The van der Waals surface area contributed by atoms with Crippen molar-refractivity contribution in [1.82, 2.24) is 14.8 Å². The standard InChI is InChI=1S/C20H26Cl2N4O2/c1-13-15(3)28-18(23-13)12-25-8-5-9-26(11-10-25)14(2)20(27)24-17-7-4-6-16(21)19(17)22/h4,6-7,14H,5,8-12H2,1-3H3,(H,24,27). The number of hydrogen-bond acceptors (Lipinski definition) is 5. The summed E-state index contributed by atoms with van der Waals surface area (Å²) in [6.45, 7) is 9.98. The summed E-state index contributed by atoms with van der Waals surface area (Å²) in [5, 5.41) is 3.68. The number of hydrogen-bond donors (Lipinski definition) is 1. The third-order valence-corrected chi connectivity index (χ3v) is 6.01. The lowest BCUT2D eigenvalue weighted by Gasteiger charge is -2.27. The van der Waals surface area contributed by atoms with Gasteiger partial charge in [-0.15, -0.1) is 0 Å². The average molecular weight is 425 g/mol. The van der Waals surface area contributed by atoms with Gasteiger partial charge in [0.15, 0.2) is 0 Å². The van der Waals surface area contributed by atoms with Gasteiger partial charge in [0.1, 0.15) is 5.76 Å². The molecule has 1 atom stereocenters. The maximum atomic E-state index is 12.7. The molecule has 1 amide bonds. The molecule has 152 valence electrons. The van der Waals surface area contributed by atoms with Gasteiger partial charge in [-0.3, -0.25) is 14.6 Å². The first-order valence-corrected chi connectivity index (χ1v) is 10.2. The highest BCUT2D eigenvalue weighted by Gasteiger charge is 2.25. The van der Waals surface area contributed by atoms with Gasteiger partial charge in [-0.25, -0.2) is 4.98 Å². The molecule has 1 aliphatic heterocycles. The fraction of sp³-hybridized carbons (Fsp3) is 0.500. The summed E-state index contributed by atoms with van der Waals surface area (Å²) >= 11 is 12.2. The van der Waals surface area contributed by atoms with Gasteiger partial charge in [0.2, 0.25) is 11.8 Å². The van der Waals surface area contributed by atoms with Gasteiger partial charge in [0.25, 0.3) is 0 Å². The lowest BCUT2D eigenvalue weighted by Crippen LogP contribution is -2.43. The van der Waals surface area contributed by atoms with E-state index in [1.54, 1.807) is 18.2 Å². The molecule has 1 unspecified atom stereocenters. The van der Waals surface area contributed by atoms with Crippen molar-refractivity contribution in [2.24, 2.45) is 0 Å². The van der Waals surface area contributed by atoms with Crippen molar-refractivity contribution < 1.29 is 9.21 Å². The normalized spacial score (nSPS) is 17.3. The van der Waals surface area contributed by atoms with E-state index < -0.39 is 0 Å². The third-order valence-electron chi connectivity index (χ3n) is 5.19. The van der Waals surface area contributed by atoms with E-state index in [0.29, 0.717) is 22.3 Å². The molecule has 0 spiro atoms. The fourth-order valence-electron chi connectivity index (χ4n) is 3.34. The highest BCUT2D eigenvalue weighted by molar-refractivity contribution is 6.44. The molecule has 0 bridgehead atoms. The van der Waals surface area contributed by atoms with Crippen LogP contribution in [0.3, 0.4) is 0 Å². The van der Waals surface area contributed by atoms with Crippen LogP contribution in [0.1, 0.15) is 30.7 Å². The first-order valence-electron chi connectivity index (χ1n) is 9.49. The number of halogens is 2. The smallest absolute Gasteiger partial charge is 0.241 e. The number of benzene rings is 1. The zero-order valence-electron chi connectivity index (χ0n) is 16.5. The quantitative estimate of drug-likeness (QED) is 0.781. The van der Waals surface area contributed by atoms with Gasteiger partial charge < -0.3 is 9.73 Å². The van der Waals surface area contributed by atoms with E-state index in [4.69, 9.17) is 27.6 Å². The van der Waals surface area contributed by atoms with Crippen molar-refractivity contribution in [2.75, 3.05) is 31.5 Å². The second-order valence-electron chi connectivity index (χ2n) is 7.18. The summed E-state index contributed by atoms with van der Waals surface area (Å²) < 4.78 is 5.70. The van der Waals surface area contributed by atoms with Crippen LogP contribution in [-0.2, 0) is 11.3 Å². The van der Waals surface area contributed by atoms with E-state index in [1.807, 2.05) is 20.8 Å². The molecule has 1 saturated heterocycles. The second kappa shape index (κ2) is 9.27. The molecule has 1 aromatic heterocycles. The number of aryl methyl sites for hydroxylation is 2. The van der Waals surface area contributed by atoms with Crippen LogP contribution in [0.25, 0.3) is 0 Å². The van der Waals surface area contributed by atoms with E-state index in [-0.39, 0.29) is 11.9 Å². The molecule has 0 saturated carbocycles. The molecule has 1 aliphatic rings. The molecule has 8 heteroatoms. The summed E-state index contributed by atoms with van der Waals surface area (Å²) in [6.07, 6.45) is 0.980. The molecule has 6 nitrogen and oxygen atoms in total. The number of nitrogens with one attached hydrogen (secondary N) is 1. The van der Waals surface area contributed by atoms with E-state index in [1.165, 1.54) is 0 Å². The van der Waals surface area contributed by atoms with Crippen LogP contribution in [0.15, 0.2) is 22.6 Å². The number of carbonyl (C=O) groups excluding carboxylic acids is 1. The Morgan fingerprint density at radius 2 is 2.04 bits per heavy atom. The summed E-state index contributed by atoms with van der Waals surface area (Å²) in [6, 6.07) is 4.96. The summed E-state index contributed by atoms with van der Waals surface area (Å²) in [4.78, 5) is 21.7. The van der Waals surface area contributed by atoms with Gasteiger partial charge in [-0.2, -0.15) is 0 Å². The van der Waals surface area contributed by atoms with Gasteiger partial charge in [-0.05, 0) is 45.9 Å². The Labute approximate surface area is 175 Å². The summed E-state index contributed by atoms with van der Waals surface area (Å²) in [5.74, 6) is 1.54. The molecule has 28 heavy (non-hydrogen) atoms. The highest BCUT2D eigenvalue weighted by Crippen LogP contribution is 2.29.